The van der Waals surface area contributed by atoms with Crippen molar-refractivity contribution in [3.8, 4) is 11.4 Å². The second-order valence-corrected chi connectivity index (χ2v) is 8.22. The lowest BCUT2D eigenvalue weighted by Crippen LogP contribution is -1.98. The van der Waals surface area contributed by atoms with Crippen molar-refractivity contribution < 1.29 is 0 Å². The van der Waals surface area contributed by atoms with Gasteiger partial charge in [0.1, 0.15) is 0 Å². The van der Waals surface area contributed by atoms with Crippen molar-refractivity contribution in [3.05, 3.63) is 88.9 Å². The maximum absolute atomic E-state index is 4.86. The van der Waals surface area contributed by atoms with Crippen LogP contribution in [-0.2, 0) is 5.75 Å². The molecule has 0 aliphatic rings. The third-order valence-electron chi connectivity index (χ3n) is 4.46. The number of para-hydroxylation sites is 1. The molecule has 28 heavy (non-hydrogen) atoms. The highest BCUT2D eigenvalue weighted by Crippen LogP contribution is 2.28. The van der Waals surface area contributed by atoms with E-state index in [0.717, 1.165) is 37.5 Å². The second-order valence-electron chi connectivity index (χ2n) is 6.36. The SMILES string of the molecule is Brc1ccc(CSc2nc3ccccc3c3nc(-c4ccccc4)nn23)cc1. The summed E-state index contributed by atoms with van der Waals surface area (Å²) in [4.78, 5) is 9.69. The lowest BCUT2D eigenvalue weighted by Gasteiger charge is -2.06. The molecule has 0 radical (unpaired) electrons. The predicted octanol–water partition coefficient (Wildman–Crippen LogP) is 6.00. The first kappa shape index (κ1) is 17.4. The Hall–Kier alpha value is -2.70. The fourth-order valence-corrected chi connectivity index (χ4v) is 4.23. The van der Waals surface area contributed by atoms with E-state index in [9.17, 15) is 0 Å². The number of fused-ring (bicyclic) bond motifs is 3. The zero-order valence-corrected chi connectivity index (χ0v) is 17.2. The molecule has 0 fully saturated rings. The third kappa shape index (κ3) is 3.30. The highest BCUT2D eigenvalue weighted by atomic mass is 79.9. The monoisotopic (exact) mass is 446 g/mol. The van der Waals surface area contributed by atoms with Crippen LogP contribution < -0.4 is 0 Å². The van der Waals surface area contributed by atoms with Gasteiger partial charge < -0.3 is 0 Å². The lowest BCUT2D eigenvalue weighted by molar-refractivity contribution is 0.811. The van der Waals surface area contributed by atoms with Crippen LogP contribution in [-0.4, -0.2) is 19.6 Å². The van der Waals surface area contributed by atoms with E-state index in [1.165, 1.54) is 5.56 Å². The Morgan fingerprint density at radius 1 is 0.821 bits per heavy atom. The average Bonchev–Trinajstić information content (AvgIpc) is 3.20. The standard InChI is InChI=1S/C22H15BrN4S/c23-17-12-10-15(11-13-17)14-28-22-24-19-9-5-4-8-18(19)21-25-20(26-27(21)22)16-6-2-1-3-7-16/h1-13H,14H2. The second kappa shape index (κ2) is 7.37. The van der Waals surface area contributed by atoms with E-state index in [0.29, 0.717) is 5.82 Å². The number of rotatable bonds is 4. The number of hydrogen-bond donors (Lipinski definition) is 0. The molecule has 6 heteroatoms. The molecule has 0 N–H and O–H groups in total. The van der Waals surface area contributed by atoms with E-state index in [4.69, 9.17) is 15.1 Å². The van der Waals surface area contributed by atoms with Gasteiger partial charge in [-0.3, -0.25) is 0 Å². The van der Waals surface area contributed by atoms with Crippen LogP contribution in [0.3, 0.4) is 0 Å². The third-order valence-corrected chi connectivity index (χ3v) is 5.99. The topological polar surface area (TPSA) is 43.1 Å². The zero-order chi connectivity index (χ0) is 18.9. The summed E-state index contributed by atoms with van der Waals surface area (Å²) in [5.41, 5.74) is 4.00. The maximum Gasteiger partial charge on any atom is 0.191 e. The number of hydrogen-bond acceptors (Lipinski definition) is 4. The molecule has 0 atom stereocenters. The normalized spacial score (nSPS) is 11.3. The van der Waals surface area contributed by atoms with Crippen molar-refractivity contribution in [2.24, 2.45) is 0 Å². The maximum atomic E-state index is 4.86. The summed E-state index contributed by atoms with van der Waals surface area (Å²) in [6, 6.07) is 26.5. The number of nitrogens with zero attached hydrogens (tertiary/aromatic N) is 4. The van der Waals surface area contributed by atoms with Gasteiger partial charge in [-0.05, 0) is 29.8 Å². The minimum atomic E-state index is 0.712. The highest BCUT2D eigenvalue weighted by Gasteiger charge is 2.14. The van der Waals surface area contributed by atoms with E-state index < -0.39 is 0 Å². The minimum Gasteiger partial charge on any atom is -0.222 e. The van der Waals surface area contributed by atoms with Crippen LogP contribution in [0.4, 0.5) is 0 Å². The molecule has 2 heterocycles. The van der Waals surface area contributed by atoms with Crippen molar-refractivity contribution in [3.63, 3.8) is 0 Å². The zero-order valence-electron chi connectivity index (χ0n) is 14.8. The molecular weight excluding hydrogens is 432 g/mol. The average molecular weight is 447 g/mol. The largest absolute Gasteiger partial charge is 0.222 e. The number of halogens is 1. The molecular formula is C22H15BrN4S. The molecule has 0 aliphatic heterocycles. The molecule has 0 spiro atoms. The first-order valence-electron chi connectivity index (χ1n) is 8.86. The van der Waals surface area contributed by atoms with Crippen LogP contribution in [0.2, 0.25) is 0 Å². The fourth-order valence-electron chi connectivity index (χ4n) is 3.06. The highest BCUT2D eigenvalue weighted by molar-refractivity contribution is 9.10. The smallest absolute Gasteiger partial charge is 0.191 e. The molecule has 2 aromatic heterocycles. The van der Waals surface area contributed by atoms with Gasteiger partial charge in [0.2, 0.25) is 0 Å². The summed E-state index contributed by atoms with van der Waals surface area (Å²) < 4.78 is 2.95. The van der Waals surface area contributed by atoms with E-state index in [-0.39, 0.29) is 0 Å². The fraction of sp³-hybridized carbons (Fsp3) is 0.0455. The van der Waals surface area contributed by atoms with E-state index >= 15 is 0 Å². The lowest BCUT2D eigenvalue weighted by atomic mass is 10.2. The van der Waals surface area contributed by atoms with E-state index in [1.807, 2.05) is 59.1 Å². The van der Waals surface area contributed by atoms with Crippen molar-refractivity contribution in [2.75, 3.05) is 0 Å². The van der Waals surface area contributed by atoms with Gasteiger partial charge in [-0.15, -0.1) is 5.10 Å². The van der Waals surface area contributed by atoms with E-state index in [1.54, 1.807) is 11.8 Å². The van der Waals surface area contributed by atoms with Crippen LogP contribution in [0.1, 0.15) is 5.56 Å². The van der Waals surface area contributed by atoms with Gasteiger partial charge in [-0.25, -0.2) is 9.97 Å². The number of benzene rings is 3. The Morgan fingerprint density at radius 2 is 1.57 bits per heavy atom. The Kier molecular flexibility index (Phi) is 4.58. The predicted molar refractivity (Wildman–Crippen MR) is 117 cm³/mol. The first-order valence-corrected chi connectivity index (χ1v) is 10.6. The van der Waals surface area contributed by atoms with Crippen LogP contribution >= 0.6 is 27.7 Å². The van der Waals surface area contributed by atoms with Crippen LogP contribution in [0.15, 0.2) is 88.5 Å². The summed E-state index contributed by atoms with van der Waals surface area (Å²) in [6.45, 7) is 0. The van der Waals surface area contributed by atoms with Gasteiger partial charge in [0.25, 0.3) is 0 Å². The molecule has 4 nitrogen and oxygen atoms in total. The molecule has 0 saturated heterocycles. The molecule has 5 aromatic rings. The summed E-state index contributed by atoms with van der Waals surface area (Å²) in [5, 5.41) is 6.62. The molecule has 136 valence electrons. The molecule has 0 aliphatic carbocycles. The number of thioether (sulfide) groups is 1. The van der Waals surface area contributed by atoms with Gasteiger partial charge >= 0.3 is 0 Å². The van der Waals surface area contributed by atoms with Crippen molar-refractivity contribution in [1.82, 2.24) is 19.6 Å². The Balaban J connectivity index is 1.62. The first-order chi connectivity index (χ1) is 13.8. The minimum absolute atomic E-state index is 0.712. The summed E-state index contributed by atoms with van der Waals surface area (Å²) in [6.07, 6.45) is 0. The molecule has 5 rings (SSSR count). The van der Waals surface area contributed by atoms with Crippen LogP contribution in [0, 0.1) is 0 Å². The number of aromatic nitrogens is 4. The summed E-state index contributed by atoms with van der Waals surface area (Å²) in [7, 11) is 0. The molecule has 0 amide bonds. The van der Waals surface area contributed by atoms with Crippen molar-refractivity contribution in [2.45, 2.75) is 10.9 Å². The Bertz CT molecular complexity index is 1270. The van der Waals surface area contributed by atoms with Crippen LogP contribution in [0.25, 0.3) is 27.9 Å². The molecule has 3 aromatic carbocycles. The molecule has 0 unspecified atom stereocenters. The Morgan fingerprint density at radius 3 is 2.39 bits per heavy atom. The van der Waals surface area contributed by atoms with Gasteiger partial charge in [-0.1, -0.05) is 82.3 Å². The summed E-state index contributed by atoms with van der Waals surface area (Å²) >= 11 is 5.15. The quantitative estimate of drug-likeness (QED) is 0.250. The van der Waals surface area contributed by atoms with Gasteiger partial charge in [0.15, 0.2) is 16.6 Å². The van der Waals surface area contributed by atoms with Crippen molar-refractivity contribution >= 4 is 44.2 Å². The molecule has 0 saturated carbocycles. The van der Waals surface area contributed by atoms with Crippen LogP contribution in [0.5, 0.6) is 0 Å². The van der Waals surface area contributed by atoms with E-state index in [2.05, 4.69) is 40.2 Å². The van der Waals surface area contributed by atoms with Crippen molar-refractivity contribution in [1.29, 1.82) is 0 Å². The van der Waals surface area contributed by atoms with Gasteiger partial charge in [-0.2, -0.15) is 4.52 Å². The summed E-state index contributed by atoms with van der Waals surface area (Å²) in [5.74, 6) is 1.53. The van der Waals surface area contributed by atoms with Gasteiger partial charge in [0, 0.05) is 21.2 Å². The van der Waals surface area contributed by atoms with Gasteiger partial charge in [0.05, 0.1) is 5.52 Å². The molecule has 0 bridgehead atoms. The Labute approximate surface area is 174 Å².